The first-order chi connectivity index (χ1) is 21.0. The molecule has 0 bridgehead atoms. The maximum absolute atomic E-state index is 2.43. The highest BCUT2D eigenvalue weighted by Gasteiger charge is 2.24. The Labute approximate surface area is 258 Å². The Morgan fingerprint density at radius 1 is 0.395 bits per heavy atom. The zero-order valence-electron chi connectivity index (χ0n) is 24.8. The molecule has 6 aromatic carbocycles. The summed E-state index contributed by atoms with van der Waals surface area (Å²) >= 11 is 1.91. The minimum absolute atomic E-state index is 0.00870. The predicted octanol–water partition coefficient (Wildman–Crippen LogP) is 12.5. The van der Waals surface area contributed by atoms with Crippen LogP contribution in [-0.4, -0.2) is 0 Å². The van der Waals surface area contributed by atoms with Crippen LogP contribution in [-0.2, 0) is 5.41 Å². The van der Waals surface area contributed by atoms with Gasteiger partial charge >= 0.3 is 0 Å². The lowest BCUT2D eigenvalue weighted by atomic mass is 9.80. The second-order valence-electron chi connectivity index (χ2n) is 12.2. The Morgan fingerprint density at radius 3 is 1.28 bits per heavy atom. The van der Waals surface area contributed by atoms with Crippen molar-refractivity contribution in [3.8, 4) is 54.3 Å². The molecule has 0 atom stereocenters. The quantitative estimate of drug-likeness (QED) is 0.193. The molecule has 0 spiro atoms. The Balaban J connectivity index is 1.51. The van der Waals surface area contributed by atoms with Gasteiger partial charge in [0.25, 0.3) is 0 Å². The van der Waals surface area contributed by atoms with Gasteiger partial charge in [-0.3, -0.25) is 0 Å². The molecule has 0 saturated carbocycles. The summed E-state index contributed by atoms with van der Waals surface area (Å²) in [6.45, 7) is 6.93. The number of benzene rings is 6. The second kappa shape index (κ2) is 11.2. The standard InChI is InChI=1S/C42H34S/c1-42(2,3)34-27-37(31-17-9-5-10-18-31)39(38(28-34)32-19-11-6-12-20-32)41-36-22-14-13-21-35(36)40(43-41)33-25-23-30(24-26-33)29-15-7-4-8-16-29/h4-28H,1-3H3. The van der Waals surface area contributed by atoms with Crippen LogP contribution in [0.25, 0.3) is 65.0 Å². The summed E-state index contributed by atoms with van der Waals surface area (Å²) in [6.07, 6.45) is 0. The summed E-state index contributed by atoms with van der Waals surface area (Å²) < 4.78 is 0. The zero-order chi connectivity index (χ0) is 29.4. The molecule has 208 valence electrons. The SMILES string of the molecule is CC(C)(C)c1cc(-c2ccccc2)c(-c2sc(-c3ccc(-c4ccccc4)cc3)c3ccccc23)c(-c2ccccc2)c1. The van der Waals surface area contributed by atoms with Gasteiger partial charge in [-0.2, -0.15) is 0 Å². The van der Waals surface area contributed by atoms with E-state index in [2.05, 4.69) is 172 Å². The predicted molar refractivity (Wildman–Crippen MR) is 188 cm³/mol. The van der Waals surface area contributed by atoms with Crippen LogP contribution in [0.15, 0.2) is 152 Å². The maximum atomic E-state index is 2.43. The smallest absolute Gasteiger partial charge is 0.0440 e. The first kappa shape index (κ1) is 27.1. The normalized spacial score (nSPS) is 11.6. The topological polar surface area (TPSA) is 0 Å². The minimum Gasteiger partial charge on any atom is -0.134 e. The van der Waals surface area contributed by atoms with Gasteiger partial charge in [-0.1, -0.05) is 160 Å². The third-order valence-corrected chi connectivity index (χ3v) is 9.56. The van der Waals surface area contributed by atoms with E-state index in [4.69, 9.17) is 0 Å². The fraction of sp³-hybridized carbons (Fsp3) is 0.0952. The molecule has 1 heterocycles. The molecular weight excluding hydrogens is 537 g/mol. The Bertz CT molecular complexity index is 1950. The van der Waals surface area contributed by atoms with E-state index in [-0.39, 0.29) is 5.41 Å². The van der Waals surface area contributed by atoms with Crippen molar-refractivity contribution in [2.75, 3.05) is 0 Å². The van der Waals surface area contributed by atoms with Crippen molar-refractivity contribution in [3.05, 3.63) is 157 Å². The van der Waals surface area contributed by atoms with E-state index in [9.17, 15) is 0 Å². The van der Waals surface area contributed by atoms with E-state index >= 15 is 0 Å². The summed E-state index contributed by atoms with van der Waals surface area (Å²) in [5.41, 5.74) is 11.4. The van der Waals surface area contributed by atoms with E-state index in [1.807, 2.05) is 11.3 Å². The van der Waals surface area contributed by atoms with Gasteiger partial charge in [0.05, 0.1) is 0 Å². The highest BCUT2D eigenvalue weighted by Crippen LogP contribution is 2.51. The van der Waals surface area contributed by atoms with E-state index in [1.165, 1.54) is 70.6 Å². The highest BCUT2D eigenvalue weighted by atomic mass is 32.1. The van der Waals surface area contributed by atoms with Crippen molar-refractivity contribution in [1.82, 2.24) is 0 Å². The van der Waals surface area contributed by atoms with Crippen LogP contribution in [0.1, 0.15) is 26.3 Å². The van der Waals surface area contributed by atoms with Gasteiger partial charge in [-0.15, -0.1) is 11.3 Å². The van der Waals surface area contributed by atoms with Crippen LogP contribution < -0.4 is 0 Å². The van der Waals surface area contributed by atoms with Crippen molar-refractivity contribution < 1.29 is 0 Å². The van der Waals surface area contributed by atoms with E-state index < -0.39 is 0 Å². The van der Waals surface area contributed by atoms with Crippen LogP contribution in [0.2, 0.25) is 0 Å². The van der Waals surface area contributed by atoms with Crippen LogP contribution in [0.5, 0.6) is 0 Å². The van der Waals surface area contributed by atoms with Crippen LogP contribution in [0.4, 0.5) is 0 Å². The molecule has 0 unspecified atom stereocenters. The van der Waals surface area contributed by atoms with Crippen LogP contribution >= 0.6 is 11.3 Å². The zero-order valence-corrected chi connectivity index (χ0v) is 25.7. The van der Waals surface area contributed by atoms with Crippen molar-refractivity contribution in [1.29, 1.82) is 0 Å². The largest absolute Gasteiger partial charge is 0.134 e. The number of hydrogen-bond acceptors (Lipinski definition) is 1. The van der Waals surface area contributed by atoms with Crippen LogP contribution in [0, 0.1) is 0 Å². The average Bonchev–Trinajstić information content (AvgIpc) is 3.44. The lowest BCUT2D eigenvalue weighted by Gasteiger charge is -2.24. The summed E-state index contributed by atoms with van der Waals surface area (Å²) in [6, 6.07) is 55.3. The Kier molecular flexibility index (Phi) is 7.05. The molecule has 0 aliphatic heterocycles. The molecule has 1 aromatic heterocycles. The number of thiophene rings is 1. The summed E-state index contributed by atoms with van der Waals surface area (Å²) in [5.74, 6) is 0. The van der Waals surface area contributed by atoms with Gasteiger partial charge in [0.2, 0.25) is 0 Å². The molecule has 43 heavy (non-hydrogen) atoms. The van der Waals surface area contributed by atoms with Gasteiger partial charge < -0.3 is 0 Å². The Hall–Kier alpha value is -4.72. The fourth-order valence-electron chi connectivity index (χ4n) is 5.95. The van der Waals surface area contributed by atoms with Crippen molar-refractivity contribution >= 4 is 22.1 Å². The minimum atomic E-state index is 0.00870. The van der Waals surface area contributed by atoms with Crippen LogP contribution in [0.3, 0.4) is 0 Å². The van der Waals surface area contributed by atoms with Crippen molar-refractivity contribution in [2.24, 2.45) is 0 Å². The molecule has 1 heteroatoms. The first-order valence-corrected chi connectivity index (χ1v) is 15.8. The lowest BCUT2D eigenvalue weighted by Crippen LogP contribution is -2.12. The van der Waals surface area contributed by atoms with E-state index in [1.54, 1.807) is 0 Å². The van der Waals surface area contributed by atoms with E-state index in [0.29, 0.717) is 0 Å². The van der Waals surface area contributed by atoms with Gasteiger partial charge in [-0.05, 0) is 62.1 Å². The molecule has 0 fully saturated rings. The molecular formula is C42H34S. The molecule has 0 amide bonds. The third kappa shape index (κ3) is 5.22. The van der Waals surface area contributed by atoms with Gasteiger partial charge in [-0.25, -0.2) is 0 Å². The number of fused-ring (bicyclic) bond motifs is 1. The van der Waals surface area contributed by atoms with Gasteiger partial charge in [0, 0.05) is 26.1 Å². The number of hydrogen-bond donors (Lipinski definition) is 0. The molecule has 0 aliphatic rings. The third-order valence-electron chi connectivity index (χ3n) is 8.28. The van der Waals surface area contributed by atoms with Crippen molar-refractivity contribution in [2.45, 2.75) is 26.2 Å². The molecule has 7 rings (SSSR count). The molecule has 0 aliphatic carbocycles. The van der Waals surface area contributed by atoms with Gasteiger partial charge in [0.15, 0.2) is 0 Å². The summed E-state index contributed by atoms with van der Waals surface area (Å²) in [4.78, 5) is 2.62. The molecule has 0 N–H and O–H groups in total. The molecule has 7 aromatic rings. The lowest BCUT2D eigenvalue weighted by molar-refractivity contribution is 0.591. The summed E-state index contributed by atoms with van der Waals surface area (Å²) in [5, 5.41) is 2.60. The average molecular weight is 571 g/mol. The number of rotatable bonds is 5. The molecule has 0 radical (unpaired) electrons. The van der Waals surface area contributed by atoms with E-state index in [0.717, 1.165) is 0 Å². The monoisotopic (exact) mass is 570 g/mol. The molecule has 0 saturated heterocycles. The highest BCUT2D eigenvalue weighted by molar-refractivity contribution is 7.21. The van der Waals surface area contributed by atoms with Gasteiger partial charge in [0.1, 0.15) is 0 Å². The first-order valence-electron chi connectivity index (χ1n) is 14.9. The summed E-state index contributed by atoms with van der Waals surface area (Å²) in [7, 11) is 0. The fourth-order valence-corrected chi connectivity index (χ4v) is 7.30. The second-order valence-corrected chi connectivity index (χ2v) is 13.2. The Morgan fingerprint density at radius 2 is 0.791 bits per heavy atom. The molecule has 0 nitrogen and oxygen atoms in total. The van der Waals surface area contributed by atoms with Crippen molar-refractivity contribution in [3.63, 3.8) is 0 Å². The maximum Gasteiger partial charge on any atom is 0.0440 e.